The third-order valence-electron chi connectivity index (χ3n) is 4.17. The zero-order valence-corrected chi connectivity index (χ0v) is 12.9. The molecule has 0 amide bonds. The first kappa shape index (κ1) is 13.4. The fourth-order valence-electron chi connectivity index (χ4n) is 2.78. The molecule has 0 saturated heterocycles. The van der Waals surface area contributed by atoms with Crippen LogP contribution >= 0.6 is 11.3 Å². The van der Waals surface area contributed by atoms with Crippen LogP contribution in [0.1, 0.15) is 62.6 Å². The molecule has 3 nitrogen and oxygen atoms in total. The lowest BCUT2D eigenvalue weighted by molar-refractivity contribution is 0.558. The number of anilines is 1. The zero-order valence-electron chi connectivity index (χ0n) is 12.1. The minimum Gasteiger partial charge on any atom is -0.345 e. The number of aryl methyl sites for hydroxylation is 1. The van der Waals surface area contributed by atoms with Gasteiger partial charge in [0, 0.05) is 23.5 Å². The predicted molar refractivity (Wildman–Crippen MR) is 81.8 cm³/mol. The lowest BCUT2D eigenvalue weighted by atomic mass is 9.99. The molecule has 1 aromatic heterocycles. The van der Waals surface area contributed by atoms with Gasteiger partial charge >= 0.3 is 0 Å². The Balaban J connectivity index is 1.78. The summed E-state index contributed by atoms with van der Waals surface area (Å²) in [4.78, 5) is 8.89. The van der Waals surface area contributed by atoms with Gasteiger partial charge in [0.2, 0.25) is 0 Å². The molecule has 0 aromatic carbocycles. The summed E-state index contributed by atoms with van der Waals surface area (Å²) in [5.74, 6) is 0.762. The Bertz CT molecular complexity index is 437. The van der Waals surface area contributed by atoms with Crippen LogP contribution in [0, 0.1) is 5.92 Å². The average molecular weight is 279 g/mol. The maximum Gasteiger partial charge on any atom is 0.186 e. The SMILES string of the molecule is CC(C)CCN(c1nc2c(s1)CCCC2N)C1CC1. The van der Waals surface area contributed by atoms with Gasteiger partial charge in [-0.3, -0.25) is 0 Å². The fraction of sp³-hybridized carbons (Fsp3) is 0.800. The molecule has 4 heteroatoms. The smallest absolute Gasteiger partial charge is 0.186 e. The summed E-state index contributed by atoms with van der Waals surface area (Å²) in [5, 5.41) is 1.24. The molecule has 2 aliphatic carbocycles. The molecule has 0 aliphatic heterocycles. The van der Waals surface area contributed by atoms with Gasteiger partial charge in [-0.15, -0.1) is 11.3 Å². The van der Waals surface area contributed by atoms with Crippen molar-refractivity contribution in [2.45, 2.75) is 64.5 Å². The van der Waals surface area contributed by atoms with Gasteiger partial charge in [-0.1, -0.05) is 13.8 Å². The van der Waals surface area contributed by atoms with Gasteiger partial charge in [-0.2, -0.15) is 0 Å². The van der Waals surface area contributed by atoms with Crippen molar-refractivity contribution in [3.63, 3.8) is 0 Å². The van der Waals surface area contributed by atoms with Crippen molar-refractivity contribution in [3.05, 3.63) is 10.6 Å². The molecule has 0 radical (unpaired) electrons. The van der Waals surface area contributed by atoms with Crippen molar-refractivity contribution in [2.75, 3.05) is 11.4 Å². The van der Waals surface area contributed by atoms with E-state index >= 15 is 0 Å². The molecule has 2 N–H and O–H groups in total. The van der Waals surface area contributed by atoms with Crippen LogP contribution in [0.5, 0.6) is 0 Å². The van der Waals surface area contributed by atoms with E-state index in [1.54, 1.807) is 0 Å². The van der Waals surface area contributed by atoms with Crippen molar-refractivity contribution >= 4 is 16.5 Å². The Labute approximate surface area is 120 Å². The zero-order chi connectivity index (χ0) is 13.4. The highest BCUT2D eigenvalue weighted by Crippen LogP contribution is 2.39. The highest BCUT2D eigenvalue weighted by Gasteiger charge is 2.32. The molecule has 106 valence electrons. The molecule has 1 aromatic rings. The molecule has 1 atom stereocenters. The number of hydrogen-bond acceptors (Lipinski definition) is 4. The van der Waals surface area contributed by atoms with E-state index in [1.165, 1.54) is 47.8 Å². The number of hydrogen-bond donors (Lipinski definition) is 1. The van der Waals surface area contributed by atoms with Crippen LogP contribution in [0.2, 0.25) is 0 Å². The molecule has 0 bridgehead atoms. The first-order chi connectivity index (χ1) is 9.15. The monoisotopic (exact) mass is 279 g/mol. The van der Waals surface area contributed by atoms with Crippen molar-refractivity contribution in [1.82, 2.24) is 4.98 Å². The van der Waals surface area contributed by atoms with Gasteiger partial charge in [-0.25, -0.2) is 4.98 Å². The summed E-state index contributed by atoms with van der Waals surface area (Å²) in [6.07, 6.45) is 7.45. The average Bonchev–Trinajstić information content (AvgIpc) is 3.09. The summed E-state index contributed by atoms with van der Waals surface area (Å²) in [5.41, 5.74) is 7.40. The maximum atomic E-state index is 6.20. The third-order valence-corrected chi connectivity index (χ3v) is 5.34. The summed E-state index contributed by atoms with van der Waals surface area (Å²) in [6, 6.07) is 0.933. The van der Waals surface area contributed by atoms with Gasteiger partial charge in [-0.05, 0) is 44.4 Å². The van der Waals surface area contributed by atoms with Crippen LogP contribution in [-0.4, -0.2) is 17.6 Å². The molecule has 19 heavy (non-hydrogen) atoms. The normalized spacial score (nSPS) is 22.6. The van der Waals surface area contributed by atoms with Crippen molar-refractivity contribution in [2.24, 2.45) is 11.7 Å². The minimum atomic E-state index is 0.180. The number of thiazole rings is 1. The lowest BCUT2D eigenvalue weighted by Gasteiger charge is -2.22. The summed E-state index contributed by atoms with van der Waals surface area (Å²) in [7, 11) is 0. The molecule has 1 unspecified atom stereocenters. The largest absolute Gasteiger partial charge is 0.345 e. The Morgan fingerprint density at radius 2 is 2.16 bits per heavy atom. The number of aromatic nitrogens is 1. The highest BCUT2D eigenvalue weighted by atomic mass is 32.1. The Hall–Kier alpha value is -0.610. The van der Waals surface area contributed by atoms with E-state index in [9.17, 15) is 0 Å². The van der Waals surface area contributed by atoms with Crippen molar-refractivity contribution < 1.29 is 0 Å². The van der Waals surface area contributed by atoms with E-state index in [0.717, 1.165) is 24.9 Å². The fourth-order valence-corrected chi connectivity index (χ4v) is 4.05. The van der Waals surface area contributed by atoms with Crippen molar-refractivity contribution in [3.8, 4) is 0 Å². The van der Waals surface area contributed by atoms with Crippen LogP contribution in [-0.2, 0) is 6.42 Å². The van der Waals surface area contributed by atoms with Gasteiger partial charge in [0.1, 0.15) is 0 Å². The second-order valence-electron chi connectivity index (χ2n) is 6.41. The first-order valence-electron chi connectivity index (χ1n) is 7.67. The Kier molecular flexibility index (Phi) is 3.81. The quantitative estimate of drug-likeness (QED) is 0.897. The van der Waals surface area contributed by atoms with E-state index < -0.39 is 0 Å². The highest BCUT2D eigenvalue weighted by molar-refractivity contribution is 7.15. The summed E-state index contributed by atoms with van der Waals surface area (Å²) in [6.45, 7) is 5.76. The maximum absolute atomic E-state index is 6.20. The number of fused-ring (bicyclic) bond motifs is 1. The second-order valence-corrected chi connectivity index (χ2v) is 7.47. The molecule has 1 saturated carbocycles. The van der Waals surface area contributed by atoms with Crippen LogP contribution in [0.4, 0.5) is 5.13 Å². The lowest BCUT2D eigenvalue weighted by Crippen LogP contribution is -2.27. The van der Waals surface area contributed by atoms with E-state index in [0.29, 0.717) is 0 Å². The summed E-state index contributed by atoms with van der Waals surface area (Å²) < 4.78 is 0. The van der Waals surface area contributed by atoms with E-state index in [2.05, 4.69) is 18.7 Å². The second kappa shape index (κ2) is 5.41. The number of nitrogens with zero attached hydrogens (tertiary/aromatic N) is 2. The molecule has 3 rings (SSSR count). The van der Waals surface area contributed by atoms with E-state index in [-0.39, 0.29) is 6.04 Å². The third kappa shape index (κ3) is 2.95. The molecule has 2 aliphatic rings. The van der Waals surface area contributed by atoms with Crippen LogP contribution < -0.4 is 10.6 Å². The van der Waals surface area contributed by atoms with Gasteiger partial charge in [0.15, 0.2) is 5.13 Å². The molecular formula is C15H25N3S. The first-order valence-corrected chi connectivity index (χ1v) is 8.48. The Morgan fingerprint density at radius 1 is 1.37 bits per heavy atom. The molecular weight excluding hydrogens is 254 g/mol. The van der Waals surface area contributed by atoms with Gasteiger partial charge in [0.25, 0.3) is 0 Å². The van der Waals surface area contributed by atoms with Gasteiger partial charge in [0.05, 0.1) is 5.69 Å². The topological polar surface area (TPSA) is 42.2 Å². The van der Waals surface area contributed by atoms with E-state index in [4.69, 9.17) is 10.7 Å². The van der Waals surface area contributed by atoms with Crippen molar-refractivity contribution in [1.29, 1.82) is 0 Å². The summed E-state index contributed by atoms with van der Waals surface area (Å²) >= 11 is 1.90. The minimum absolute atomic E-state index is 0.180. The standard InChI is InChI=1S/C15H25N3S/c1-10(2)8-9-18(11-6-7-11)15-17-14-12(16)4-3-5-13(14)19-15/h10-12H,3-9,16H2,1-2H3. The predicted octanol–water partition coefficient (Wildman–Crippen LogP) is 3.49. The molecule has 0 spiro atoms. The molecule has 1 fully saturated rings. The van der Waals surface area contributed by atoms with E-state index in [1.807, 2.05) is 11.3 Å². The number of nitrogens with two attached hydrogens (primary N) is 1. The molecule has 1 heterocycles. The Morgan fingerprint density at radius 3 is 2.79 bits per heavy atom. The van der Waals surface area contributed by atoms with Crippen LogP contribution in [0.25, 0.3) is 0 Å². The van der Waals surface area contributed by atoms with Crippen LogP contribution in [0.3, 0.4) is 0 Å². The number of rotatable bonds is 5. The van der Waals surface area contributed by atoms with Crippen LogP contribution in [0.15, 0.2) is 0 Å². The van der Waals surface area contributed by atoms with Gasteiger partial charge < -0.3 is 10.6 Å².